The summed E-state index contributed by atoms with van der Waals surface area (Å²) in [5.41, 5.74) is 7.13. The number of nitrogens with zero attached hydrogens (tertiary/aromatic N) is 1. The number of rotatable bonds is 1. The van der Waals surface area contributed by atoms with Gasteiger partial charge in [-0.05, 0) is 6.07 Å². The summed E-state index contributed by atoms with van der Waals surface area (Å²) in [4.78, 5) is 2.77. The van der Waals surface area contributed by atoms with Crippen LogP contribution in [0.5, 0.6) is 0 Å². The monoisotopic (exact) mass is 95.0 g/mol. The maximum absolute atomic E-state index is 6.47. The fourth-order valence-corrected chi connectivity index (χ4v) is 0.385. The number of aromatic amines is 1. The molecule has 0 aliphatic heterocycles. The van der Waals surface area contributed by atoms with Crippen LogP contribution in [0.25, 0.3) is 0 Å². The van der Waals surface area contributed by atoms with E-state index in [9.17, 15) is 0 Å². The van der Waals surface area contributed by atoms with Crippen molar-refractivity contribution in [2.45, 2.75) is 0 Å². The highest BCUT2D eigenvalue weighted by Gasteiger charge is 1.80. The first-order valence-electron chi connectivity index (χ1n) is 1.94. The average Bonchev–Trinajstić information content (AvgIpc) is 2.14. The van der Waals surface area contributed by atoms with Crippen molar-refractivity contribution < 1.29 is 0 Å². The largest absolute Gasteiger partial charge is 0.366 e. The SMILES string of the molecule is N=Nc1cc[nH]c1. The van der Waals surface area contributed by atoms with Crippen LogP contribution in [0.4, 0.5) is 5.69 Å². The maximum Gasteiger partial charge on any atom is 0.102 e. The summed E-state index contributed by atoms with van der Waals surface area (Å²) < 4.78 is 0. The number of hydrogen-bond donors (Lipinski definition) is 2. The summed E-state index contributed by atoms with van der Waals surface area (Å²) in [6, 6.07) is 1.73. The molecular weight excluding hydrogens is 90.1 g/mol. The molecule has 0 unspecified atom stereocenters. The van der Waals surface area contributed by atoms with Crippen LogP contribution in [0, 0.1) is 5.53 Å². The summed E-state index contributed by atoms with van der Waals surface area (Å²) in [5, 5.41) is 3.15. The Morgan fingerprint density at radius 2 is 2.57 bits per heavy atom. The van der Waals surface area contributed by atoms with E-state index in [-0.39, 0.29) is 0 Å². The lowest BCUT2D eigenvalue weighted by atomic mass is 10.6. The number of H-pyrrole nitrogens is 1. The van der Waals surface area contributed by atoms with E-state index in [2.05, 4.69) is 10.1 Å². The minimum Gasteiger partial charge on any atom is -0.366 e. The molecule has 3 nitrogen and oxygen atoms in total. The Labute approximate surface area is 40.9 Å². The van der Waals surface area contributed by atoms with Gasteiger partial charge in [0.05, 0.1) is 0 Å². The van der Waals surface area contributed by atoms with E-state index in [4.69, 9.17) is 5.53 Å². The van der Waals surface area contributed by atoms with Gasteiger partial charge in [0, 0.05) is 12.4 Å². The topological polar surface area (TPSA) is 52.0 Å². The molecule has 0 spiro atoms. The van der Waals surface area contributed by atoms with Gasteiger partial charge in [0.2, 0.25) is 0 Å². The van der Waals surface area contributed by atoms with E-state index in [1.807, 2.05) is 0 Å². The Balaban J connectivity index is 2.96. The van der Waals surface area contributed by atoms with Crippen LogP contribution in [0.3, 0.4) is 0 Å². The first-order chi connectivity index (χ1) is 3.43. The zero-order valence-electron chi connectivity index (χ0n) is 3.68. The Hall–Kier alpha value is -1.12. The second-order valence-electron chi connectivity index (χ2n) is 1.18. The minimum absolute atomic E-state index is 0.667. The summed E-state index contributed by atoms with van der Waals surface area (Å²) >= 11 is 0. The molecule has 0 atom stereocenters. The van der Waals surface area contributed by atoms with Crippen molar-refractivity contribution in [3.8, 4) is 0 Å². The third kappa shape index (κ3) is 0.652. The van der Waals surface area contributed by atoms with Gasteiger partial charge in [-0.2, -0.15) is 5.11 Å². The van der Waals surface area contributed by atoms with E-state index in [0.717, 1.165) is 0 Å². The molecule has 0 aromatic carbocycles. The zero-order chi connectivity index (χ0) is 5.11. The van der Waals surface area contributed by atoms with Crippen LogP contribution in [-0.4, -0.2) is 4.98 Å². The normalized spacial score (nSPS) is 8.57. The second kappa shape index (κ2) is 1.55. The molecule has 1 rings (SSSR count). The van der Waals surface area contributed by atoms with Gasteiger partial charge in [0.1, 0.15) is 5.69 Å². The fourth-order valence-electron chi connectivity index (χ4n) is 0.385. The predicted molar refractivity (Wildman–Crippen MR) is 25.6 cm³/mol. The molecule has 0 radical (unpaired) electrons. The molecular formula is C4H5N3. The van der Waals surface area contributed by atoms with Crippen LogP contribution in [0.1, 0.15) is 0 Å². The minimum atomic E-state index is 0.667. The van der Waals surface area contributed by atoms with Crippen LogP contribution >= 0.6 is 0 Å². The molecule has 0 bridgehead atoms. The van der Waals surface area contributed by atoms with Gasteiger partial charge in [-0.3, -0.25) is 0 Å². The quantitative estimate of drug-likeness (QED) is 0.498. The van der Waals surface area contributed by atoms with Gasteiger partial charge < -0.3 is 4.98 Å². The molecule has 36 valence electrons. The van der Waals surface area contributed by atoms with Crippen molar-refractivity contribution in [2.24, 2.45) is 5.11 Å². The van der Waals surface area contributed by atoms with Crippen LogP contribution < -0.4 is 0 Å². The van der Waals surface area contributed by atoms with Crippen molar-refractivity contribution in [2.75, 3.05) is 0 Å². The van der Waals surface area contributed by atoms with E-state index in [1.54, 1.807) is 18.5 Å². The van der Waals surface area contributed by atoms with E-state index in [1.165, 1.54) is 0 Å². The molecule has 3 heteroatoms. The Morgan fingerprint density at radius 3 is 2.86 bits per heavy atom. The molecule has 0 aliphatic rings. The molecule has 0 saturated heterocycles. The van der Waals surface area contributed by atoms with Gasteiger partial charge in [0.25, 0.3) is 0 Å². The number of aromatic nitrogens is 1. The molecule has 0 fully saturated rings. The van der Waals surface area contributed by atoms with Crippen molar-refractivity contribution in [3.05, 3.63) is 18.5 Å². The van der Waals surface area contributed by atoms with Crippen LogP contribution in [0.2, 0.25) is 0 Å². The lowest BCUT2D eigenvalue weighted by Gasteiger charge is -1.69. The fraction of sp³-hybridized carbons (Fsp3) is 0. The summed E-state index contributed by atoms with van der Waals surface area (Å²) in [5.74, 6) is 0. The Morgan fingerprint density at radius 1 is 1.71 bits per heavy atom. The molecule has 1 heterocycles. The number of nitrogens with one attached hydrogen (secondary N) is 2. The molecule has 0 saturated carbocycles. The summed E-state index contributed by atoms with van der Waals surface area (Å²) in [6.45, 7) is 0. The molecule has 0 aliphatic carbocycles. The standard InChI is InChI=1S/C4H5N3/c5-7-4-1-2-6-3-4/h1-3,5-6H. The predicted octanol–water partition coefficient (Wildman–Crippen LogP) is 1.68. The first kappa shape index (κ1) is 4.05. The smallest absolute Gasteiger partial charge is 0.102 e. The van der Waals surface area contributed by atoms with Gasteiger partial charge in [-0.1, -0.05) is 0 Å². The van der Waals surface area contributed by atoms with Crippen molar-refractivity contribution in [1.29, 1.82) is 5.53 Å². The Bertz CT molecular complexity index is 142. The van der Waals surface area contributed by atoms with Gasteiger partial charge in [-0.15, -0.1) is 0 Å². The molecule has 0 amide bonds. The van der Waals surface area contributed by atoms with Crippen molar-refractivity contribution in [1.82, 2.24) is 4.98 Å². The van der Waals surface area contributed by atoms with Crippen LogP contribution in [0.15, 0.2) is 23.6 Å². The highest BCUT2D eigenvalue weighted by molar-refractivity contribution is 5.30. The summed E-state index contributed by atoms with van der Waals surface area (Å²) in [7, 11) is 0. The van der Waals surface area contributed by atoms with E-state index >= 15 is 0 Å². The lowest BCUT2D eigenvalue weighted by Crippen LogP contribution is -1.43. The van der Waals surface area contributed by atoms with E-state index in [0.29, 0.717) is 5.69 Å². The zero-order valence-corrected chi connectivity index (χ0v) is 3.68. The highest BCUT2D eigenvalue weighted by Crippen LogP contribution is 2.05. The molecule has 1 aromatic rings. The first-order valence-corrected chi connectivity index (χ1v) is 1.94. The average molecular weight is 95.1 g/mol. The lowest BCUT2D eigenvalue weighted by molar-refractivity contribution is 1.15. The maximum atomic E-state index is 6.47. The summed E-state index contributed by atoms with van der Waals surface area (Å²) in [6.07, 6.45) is 3.39. The molecule has 2 N–H and O–H groups in total. The van der Waals surface area contributed by atoms with Crippen molar-refractivity contribution >= 4 is 5.69 Å². The highest BCUT2D eigenvalue weighted by atomic mass is 15.0. The third-order valence-electron chi connectivity index (χ3n) is 0.711. The molecule has 1 aromatic heterocycles. The van der Waals surface area contributed by atoms with Gasteiger partial charge in [-0.25, -0.2) is 5.53 Å². The van der Waals surface area contributed by atoms with Crippen LogP contribution in [-0.2, 0) is 0 Å². The van der Waals surface area contributed by atoms with Gasteiger partial charge in [0.15, 0.2) is 0 Å². The molecule has 7 heavy (non-hydrogen) atoms. The second-order valence-corrected chi connectivity index (χ2v) is 1.18. The van der Waals surface area contributed by atoms with Gasteiger partial charge >= 0.3 is 0 Å². The Kier molecular flexibility index (Phi) is 0.898. The third-order valence-corrected chi connectivity index (χ3v) is 0.711. The van der Waals surface area contributed by atoms with Crippen molar-refractivity contribution in [3.63, 3.8) is 0 Å². The van der Waals surface area contributed by atoms with E-state index < -0.39 is 0 Å². The number of hydrogen-bond acceptors (Lipinski definition) is 2.